The van der Waals surface area contributed by atoms with Crippen LogP contribution in [-0.2, 0) is 4.79 Å². The molecule has 1 amide bonds. The molecule has 0 fully saturated rings. The Bertz CT molecular complexity index is 879. The molecule has 2 aromatic carbocycles. The van der Waals surface area contributed by atoms with Crippen LogP contribution in [0.4, 0.5) is 0 Å². The second-order valence-electron chi connectivity index (χ2n) is 7.86. The van der Waals surface area contributed by atoms with Gasteiger partial charge in [0.25, 0.3) is 0 Å². The number of nitrogens with zero attached hydrogens (tertiary/aromatic N) is 2. The summed E-state index contributed by atoms with van der Waals surface area (Å²) in [5.41, 5.74) is 3.17. The van der Waals surface area contributed by atoms with Crippen molar-refractivity contribution in [3.63, 3.8) is 0 Å². The van der Waals surface area contributed by atoms with Crippen molar-refractivity contribution in [3.8, 4) is 22.6 Å². The van der Waals surface area contributed by atoms with E-state index in [2.05, 4.69) is 12.1 Å². The van der Waals surface area contributed by atoms with Crippen LogP contribution >= 0.6 is 0 Å². The van der Waals surface area contributed by atoms with Crippen LogP contribution < -0.4 is 0 Å². The molecule has 0 bridgehead atoms. The van der Waals surface area contributed by atoms with Gasteiger partial charge in [0.15, 0.2) is 5.76 Å². The fourth-order valence-electron chi connectivity index (χ4n) is 3.60. The first-order chi connectivity index (χ1) is 14.5. The van der Waals surface area contributed by atoms with Crippen molar-refractivity contribution in [1.29, 1.82) is 0 Å². The lowest BCUT2D eigenvalue weighted by Gasteiger charge is -2.28. The Labute approximate surface area is 178 Å². The standard InChI is InChI=1S/C25H30N2O3/c1-4-5-8-17-21(27(29)25(28)18(2)3)22-23(19-13-9-6-10-14-19)26-30-24(22)20-15-11-7-12-16-20/h6-7,9-16,18,21,29H,4-5,8,17H2,1-3H3. The first-order valence-corrected chi connectivity index (χ1v) is 10.7. The van der Waals surface area contributed by atoms with E-state index in [0.717, 1.165) is 41.0 Å². The zero-order valence-corrected chi connectivity index (χ0v) is 17.9. The number of carbonyl (C=O) groups is 1. The van der Waals surface area contributed by atoms with Crippen molar-refractivity contribution in [3.05, 3.63) is 66.2 Å². The Hall–Kier alpha value is -2.92. The lowest BCUT2D eigenvalue weighted by molar-refractivity contribution is -0.181. The Balaban J connectivity index is 2.16. The van der Waals surface area contributed by atoms with Crippen LogP contribution in [0, 0.1) is 5.92 Å². The smallest absolute Gasteiger partial charge is 0.249 e. The minimum atomic E-state index is -0.539. The normalized spacial score (nSPS) is 12.2. The summed E-state index contributed by atoms with van der Waals surface area (Å²) in [4.78, 5) is 12.7. The van der Waals surface area contributed by atoms with E-state index in [4.69, 9.17) is 4.52 Å². The summed E-state index contributed by atoms with van der Waals surface area (Å²) in [5.74, 6) is -0.0360. The predicted octanol–water partition coefficient (Wildman–Crippen LogP) is 6.50. The summed E-state index contributed by atoms with van der Waals surface area (Å²) in [6.07, 6.45) is 3.59. The van der Waals surface area contributed by atoms with Gasteiger partial charge < -0.3 is 4.52 Å². The molecular weight excluding hydrogens is 376 g/mol. The van der Waals surface area contributed by atoms with Crippen molar-refractivity contribution in [1.82, 2.24) is 10.2 Å². The average Bonchev–Trinajstić information content (AvgIpc) is 3.21. The van der Waals surface area contributed by atoms with Crippen LogP contribution in [-0.4, -0.2) is 21.3 Å². The Morgan fingerprint density at radius 2 is 1.60 bits per heavy atom. The number of rotatable bonds is 9. The van der Waals surface area contributed by atoms with Crippen molar-refractivity contribution in [2.75, 3.05) is 0 Å². The number of aromatic nitrogens is 1. The van der Waals surface area contributed by atoms with E-state index in [0.29, 0.717) is 17.9 Å². The second kappa shape index (κ2) is 10.2. The SMILES string of the molecule is CCCCCC(c1c(-c2ccccc2)noc1-c1ccccc1)N(O)C(=O)C(C)C. The summed E-state index contributed by atoms with van der Waals surface area (Å²) in [6.45, 7) is 5.71. The van der Waals surface area contributed by atoms with Crippen molar-refractivity contribution < 1.29 is 14.5 Å². The summed E-state index contributed by atoms with van der Waals surface area (Å²) in [6, 6.07) is 18.9. The molecule has 0 aliphatic heterocycles. The van der Waals surface area contributed by atoms with E-state index >= 15 is 0 Å². The number of carbonyl (C=O) groups excluding carboxylic acids is 1. The third kappa shape index (κ3) is 4.79. The van der Waals surface area contributed by atoms with Crippen LogP contribution in [0.3, 0.4) is 0 Å². The predicted molar refractivity (Wildman–Crippen MR) is 118 cm³/mol. The van der Waals surface area contributed by atoms with E-state index in [1.807, 2.05) is 60.7 Å². The van der Waals surface area contributed by atoms with Crippen LogP contribution in [0.5, 0.6) is 0 Å². The van der Waals surface area contributed by atoms with Gasteiger partial charge in [-0.25, -0.2) is 5.06 Å². The topological polar surface area (TPSA) is 66.6 Å². The summed E-state index contributed by atoms with van der Waals surface area (Å²) in [7, 11) is 0. The lowest BCUT2D eigenvalue weighted by Crippen LogP contribution is -2.35. The monoisotopic (exact) mass is 406 g/mol. The van der Waals surface area contributed by atoms with E-state index < -0.39 is 6.04 Å². The molecule has 0 spiro atoms. The number of hydrogen-bond acceptors (Lipinski definition) is 4. The van der Waals surface area contributed by atoms with E-state index in [-0.39, 0.29) is 11.8 Å². The highest BCUT2D eigenvalue weighted by Crippen LogP contribution is 2.41. The molecule has 1 heterocycles. The molecule has 5 heteroatoms. The first kappa shape index (κ1) is 21.8. The van der Waals surface area contributed by atoms with E-state index in [9.17, 15) is 10.0 Å². The van der Waals surface area contributed by atoms with Crippen LogP contribution in [0.2, 0.25) is 0 Å². The Morgan fingerprint density at radius 1 is 1.00 bits per heavy atom. The molecule has 5 nitrogen and oxygen atoms in total. The third-order valence-electron chi connectivity index (χ3n) is 5.24. The molecule has 3 aromatic rings. The number of benzene rings is 2. The van der Waals surface area contributed by atoms with Gasteiger partial charge in [0.1, 0.15) is 5.69 Å². The van der Waals surface area contributed by atoms with E-state index in [1.54, 1.807) is 13.8 Å². The van der Waals surface area contributed by atoms with Gasteiger partial charge in [-0.05, 0) is 6.42 Å². The maximum atomic E-state index is 12.7. The van der Waals surface area contributed by atoms with E-state index in [1.165, 1.54) is 0 Å². The molecule has 0 radical (unpaired) electrons. The molecule has 3 rings (SSSR count). The summed E-state index contributed by atoms with van der Waals surface area (Å²) < 4.78 is 5.81. The highest BCUT2D eigenvalue weighted by atomic mass is 16.5. The zero-order valence-electron chi connectivity index (χ0n) is 17.9. The minimum absolute atomic E-state index is 0.310. The van der Waals surface area contributed by atoms with Crippen LogP contribution in [0.15, 0.2) is 65.2 Å². The quantitative estimate of drug-likeness (QED) is 0.250. The molecule has 0 saturated heterocycles. The minimum Gasteiger partial charge on any atom is -0.355 e. The first-order valence-electron chi connectivity index (χ1n) is 10.7. The van der Waals surface area contributed by atoms with Gasteiger partial charge in [-0.15, -0.1) is 0 Å². The largest absolute Gasteiger partial charge is 0.355 e. The highest BCUT2D eigenvalue weighted by molar-refractivity contribution is 5.79. The molecular formula is C25H30N2O3. The number of amides is 1. The number of hydroxylamine groups is 2. The second-order valence-corrected chi connectivity index (χ2v) is 7.86. The van der Waals surface area contributed by atoms with Crippen LogP contribution in [0.1, 0.15) is 58.1 Å². The number of hydrogen-bond donors (Lipinski definition) is 1. The van der Waals surface area contributed by atoms with Gasteiger partial charge in [0.05, 0.1) is 11.6 Å². The maximum absolute atomic E-state index is 12.7. The van der Waals surface area contributed by atoms with Crippen molar-refractivity contribution in [2.45, 2.75) is 52.5 Å². The molecule has 1 aromatic heterocycles. The molecule has 0 saturated carbocycles. The molecule has 1 atom stereocenters. The fourth-order valence-corrected chi connectivity index (χ4v) is 3.60. The highest BCUT2D eigenvalue weighted by Gasteiger charge is 2.33. The lowest BCUT2D eigenvalue weighted by atomic mass is 9.92. The van der Waals surface area contributed by atoms with Gasteiger partial charge in [-0.1, -0.05) is 106 Å². The van der Waals surface area contributed by atoms with Gasteiger partial charge in [0, 0.05) is 17.0 Å². The van der Waals surface area contributed by atoms with Gasteiger partial charge in [-0.3, -0.25) is 10.0 Å². The molecule has 1 unspecified atom stereocenters. The Morgan fingerprint density at radius 3 is 2.17 bits per heavy atom. The molecule has 0 aliphatic carbocycles. The number of unbranched alkanes of at least 4 members (excludes halogenated alkanes) is 2. The van der Waals surface area contributed by atoms with Gasteiger partial charge in [0.2, 0.25) is 5.91 Å². The van der Waals surface area contributed by atoms with Crippen molar-refractivity contribution in [2.24, 2.45) is 5.92 Å². The van der Waals surface area contributed by atoms with Crippen molar-refractivity contribution >= 4 is 5.91 Å². The summed E-state index contributed by atoms with van der Waals surface area (Å²) >= 11 is 0. The third-order valence-corrected chi connectivity index (χ3v) is 5.24. The molecule has 158 valence electrons. The molecule has 30 heavy (non-hydrogen) atoms. The fraction of sp³-hybridized carbons (Fsp3) is 0.360. The zero-order chi connectivity index (χ0) is 21.5. The Kier molecular flexibility index (Phi) is 7.41. The summed E-state index contributed by atoms with van der Waals surface area (Å²) in [5, 5.41) is 16.2. The molecule has 1 N–H and O–H groups in total. The van der Waals surface area contributed by atoms with Crippen LogP contribution in [0.25, 0.3) is 22.6 Å². The molecule has 0 aliphatic rings. The average molecular weight is 407 g/mol. The van der Waals surface area contributed by atoms with Gasteiger partial charge >= 0.3 is 0 Å². The van der Waals surface area contributed by atoms with Gasteiger partial charge in [-0.2, -0.15) is 0 Å². The maximum Gasteiger partial charge on any atom is 0.249 e.